The highest BCUT2D eigenvalue weighted by atomic mass is 79.9. The van der Waals surface area contributed by atoms with Gasteiger partial charge in [-0.3, -0.25) is 9.71 Å². The third-order valence-corrected chi connectivity index (χ3v) is 4.68. The number of sulfonamides is 1. The van der Waals surface area contributed by atoms with Gasteiger partial charge >= 0.3 is 0 Å². The highest BCUT2D eigenvalue weighted by Gasteiger charge is 2.15. The summed E-state index contributed by atoms with van der Waals surface area (Å²) < 4.78 is 27.2. The summed E-state index contributed by atoms with van der Waals surface area (Å²) in [7, 11) is -3.71. The molecular weight excluding hydrogens is 375 g/mol. The van der Waals surface area contributed by atoms with Gasteiger partial charge in [0.1, 0.15) is 4.90 Å². The average molecular weight is 382 g/mol. The zero-order valence-electron chi connectivity index (χ0n) is 9.27. The first kappa shape index (κ1) is 14.6. The highest BCUT2D eigenvalue weighted by molar-refractivity contribution is 9.10. The number of pyridine rings is 1. The van der Waals surface area contributed by atoms with Crippen LogP contribution in [-0.4, -0.2) is 13.4 Å². The fourth-order valence-electron chi connectivity index (χ4n) is 1.31. The summed E-state index contributed by atoms with van der Waals surface area (Å²) in [5, 5.41) is 0.628. The Balaban J connectivity index is 2.33. The van der Waals surface area contributed by atoms with Crippen molar-refractivity contribution in [1.82, 2.24) is 4.98 Å². The second kappa shape index (κ2) is 5.66. The summed E-state index contributed by atoms with van der Waals surface area (Å²) >= 11 is 14.8. The molecule has 0 radical (unpaired) electrons. The van der Waals surface area contributed by atoms with Crippen LogP contribution in [0.15, 0.2) is 46.0 Å². The van der Waals surface area contributed by atoms with E-state index in [-0.39, 0.29) is 9.92 Å². The van der Waals surface area contributed by atoms with Gasteiger partial charge in [0.05, 0.1) is 15.7 Å². The van der Waals surface area contributed by atoms with E-state index in [4.69, 9.17) is 23.2 Å². The van der Waals surface area contributed by atoms with Crippen LogP contribution in [0.4, 0.5) is 5.69 Å². The maximum absolute atomic E-state index is 12.1. The minimum atomic E-state index is -3.71. The molecule has 0 bridgehead atoms. The number of rotatable bonds is 3. The summed E-state index contributed by atoms with van der Waals surface area (Å²) in [4.78, 5) is 3.86. The molecule has 0 saturated carbocycles. The number of nitrogens with zero attached hydrogens (tertiary/aromatic N) is 1. The van der Waals surface area contributed by atoms with Crippen molar-refractivity contribution in [2.45, 2.75) is 4.90 Å². The molecule has 0 spiro atoms. The van der Waals surface area contributed by atoms with Crippen LogP contribution in [0.2, 0.25) is 10.0 Å². The Bertz CT molecular complexity index is 722. The molecule has 1 aromatic heterocycles. The Labute approximate surface area is 128 Å². The van der Waals surface area contributed by atoms with E-state index >= 15 is 0 Å². The maximum atomic E-state index is 12.1. The molecule has 0 amide bonds. The zero-order valence-corrected chi connectivity index (χ0v) is 13.2. The van der Waals surface area contributed by atoms with Crippen molar-refractivity contribution in [1.29, 1.82) is 0 Å². The van der Waals surface area contributed by atoms with Crippen molar-refractivity contribution in [3.8, 4) is 0 Å². The van der Waals surface area contributed by atoms with Crippen molar-refractivity contribution < 1.29 is 8.42 Å². The molecule has 4 nitrogen and oxygen atoms in total. The second-order valence-electron chi connectivity index (χ2n) is 3.57. The minimum Gasteiger partial charge on any atom is -0.280 e. The fourth-order valence-corrected chi connectivity index (χ4v) is 3.16. The molecular formula is C11H7BrCl2N2O2S. The molecule has 8 heteroatoms. The molecule has 1 heterocycles. The minimum absolute atomic E-state index is 0.0490. The molecule has 1 aromatic carbocycles. The van der Waals surface area contributed by atoms with E-state index in [9.17, 15) is 8.42 Å². The summed E-state index contributed by atoms with van der Waals surface area (Å²) in [6.45, 7) is 0. The van der Waals surface area contributed by atoms with E-state index in [1.54, 1.807) is 0 Å². The zero-order chi connectivity index (χ0) is 14.0. The van der Waals surface area contributed by atoms with Crippen molar-refractivity contribution in [2.24, 2.45) is 0 Å². The molecule has 0 atom stereocenters. The van der Waals surface area contributed by atoms with Gasteiger partial charge in [0.25, 0.3) is 10.0 Å². The number of halogens is 3. The fraction of sp³-hybridized carbons (Fsp3) is 0. The number of benzene rings is 1. The summed E-state index contributed by atoms with van der Waals surface area (Å²) in [6, 6.07) is 5.93. The standard InChI is InChI=1S/C11H7BrCl2N2O2S/c12-7-3-9(6-15-5-7)19(17,18)16-8-1-2-10(13)11(14)4-8/h1-6,16H. The van der Waals surface area contributed by atoms with Crippen LogP contribution in [-0.2, 0) is 10.0 Å². The normalized spacial score (nSPS) is 11.3. The Kier molecular flexibility index (Phi) is 4.35. The van der Waals surface area contributed by atoms with Gasteiger partial charge in [-0.25, -0.2) is 8.42 Å². The number of anilines is 1. The first-order chi connectivity index (χ1) is 8.88. The Morgan fingerprint density at radius 2 is 1.84 bits per heavy atom. The summed E-state index contributed by atoms with van der Waals surface area (Å²) in [6.07, 6.45) is 2.75. The average Bonchev–Trinajstić information content (AvgIpc) is 2.33. The van der Waals surface area contributed by atoms with Crippen LogP contribution >= 0.6 is 39.1 Å². The topological polar surface area (TPSA) is 59.1 Å². The molecule has 2 rings (SSSR count). The smallest absolute Gasteiger partial charge is 0.263 e. The van der Waals surface area contributed by atoms with E-state index in [1.807, 2.05) is 0 Å². The lowest BCUT2D eigenvalue weighted by Gasteiger charge is -2.08. The highest BCUT2D eigenvalue weighted by Crippen LogP contribution is 2.26. The monoisotopic (exact) mass is 380 g/mol. The quantitative estimate of drug-likeness (QED) is 0.875. The van der Waals surface area contributed by atoms with E-state index in [0.29, 0.717) is 15.2 Å². The first-order valence-corrected chi connectivity index (χ1v) is 8.00. The molecule has 0 fully saturated rings. The van der Waals surface area contributed by atoms with Crippen LogP contribution in [0.3, 0.4) is 0 Å². The first-order valence-electron chi connectivity index (χ1n) is 4.97. The van der Waals surface area contributed by atoms with E-state index in [1.165, 1.54) is 36.7 Å². The van der Waals surface area contributed by atoms with Gasteiger partial charge < -0.3 is 0 Å². The summed E-state index contributed by atoms with van der Waals surface area (Å²) in [5.74, 6) is 0. The molecule has 0 aliphatic rings. The van der Waals surface area contributed by atoms with E-state index < -0.39 is 10.0 Å². The van der Waals surface area contributed by atoms with Crippen LogP contribution in [0, 0.1) is 0 Å². The van der Waals surface area contributed by atoms with E-state index in [0.717, 1.165) is 0 Å². The van der Waals surface area contributed by atoms with E-state index in [2.05, 4.69) is 25.6 Å². The molecule has 0 unspecified atom stereocenters. The van der Waals surface area contributed by atoms with Crippen molar-refractivity contribution in [3.05, 3.63) is 51.2 Å². The number of hydrogen-bond donors (Lipinski definition) is 1. The van der Waals surface area contributed by atoms with Crippen molar-refractivity contribution in [2.75, 3.05) is 4.72 Å². The predicted octanol–water partition coefficient (Wildman–Crippen LogP) is 3.95. The third kappa shape index (κ3) is 3.60. The van der Waals surface area contributed by atoms with Gasteiger partial charge in [0.15, 0.2) is 0 Å². The molecule has 0 aliphatic heterocycles. The Morgan fingerprint density at radius 3 is 2.47 bits per heavy atom. The molecule has 0 saturated heterocycles. The molecule has 1 N–H and O–H groups in total. The Morgan fingerprint density at radius 1 is 1.11 bits per heavy atom. The van der Waals surface area contributed by atoms with Crippen molar-refractivity contribution in [3.63, 3.8) is 0 Å². The van der Waals surface area contributed by atoms with Crippen LogP contribution in [0.1, 0.15) is 0 Å². The van der Waals surface area contributed by atoms with Gasteiger partial charge in [-0.05, 0) is 40.2 Å². The van der Waals surface area contributed by atoms with Gasteiger partial charge in [0.2, 0.25) is 0 Å². The largest absolute Gasteiger partial charge is 0.280 e. The molecule has 19 heavy (non-hydrogen) atoms. The number of nitrogens with one attached hydrogen (secondary N) is 1. The number of aromatic nitrogens is 1. The number of hydrogen-bond acceptors (Lipinski definition) is 3. The van der Waals surface area contributed by atoms with Gasteiger partial charge in [-0.15, -0.1) is 0 Å². The van der Waals surface area contributed by atoms with Gasteiger partial charge in [0, 0.05) is 16.9 Å². The lowest BCUT2D eigenvalue weighted by Crippen LogP contribution is -2.13. The second-order valence-corrected chi connectivity index (χ2v) is 6.99. The van der Waals surface area contributed by atoms with Gasteiger partial charge in [-0.2, -0.15) is 0 Å². The van der Waals surface area contributed by atoms with Crippen LogP contribution in [0.25, 0.3) is 0 Å². The molecule has 100 valence electrons. The predicted molar refractivity (Wildman–Crippen MR) is 79.2 cm³/mol. The lowest BCUT2D eigenvalue weighted by atomic mass is 10.3. The maximum Gasteiger partial charge on any atom is 0.263 e. The molecule has 0 aliphatic carbocycles. The van der Waals surface area contributed by atoms with Crippen LogP contribution in [0.5, 0.6) is 0 Å². The Hall–Kier alpha value is -0.820. The third-order valence-electron chi connectivity index (χ3n) is 2.16. The van der Waals surface area contributed by atoms with Crippen molar-refractivity contribution >= 4 is 54.8 Å². The van der Waals surface area contributed by atoms with Crippen LogP contribution < -0.4 is 4.72 Å². The SMILES string of the molecule is O=S(=O)(Nc1ccc(Cl)c(Cl)c1)c1cncc(Br)c1. The molecule has 2 aromatic rings. The lowest BCUT2D eigenvalue weighted by molar-refractivity contribution is 0.600. The summed E-state index contributed by atoms with van der Waals surface area (Å²) in [5.41, 5.74) is 0.328. The van der Waals surface area contributed by atoms with Gasteiger partial charge in [-0.1, -0.05) is 23.2 Å².